The Morgan fingerprint density at radius 2 is 1.63 bits per heavy atom. The molecule has 0 fully saturated rings. The SMILES string of the molecule is CCCCOC(=O)c1ccc2nn(-c3ccc(OCCCC)cc3)nc2c1. The number of ether oxygens (including phenoxy) is 2. The van der Waals surface area contributed by atoms with Crippen LogP contribution >= 0.6 is 0 Å². The molecule has 1 aromatic heterocycles. The molecule has 1 heterocycles. The molecule has 0 radical (unpaired) electrons. The third kappa shape index (κ3) is 4.84. The van der Waals surface area contributed by atoms with E-state index < -0.39 is 0 Å². The second kappa shape index (κ2) is 9.16. The van der Waals surface area contributed by atoms with E-state index in [1.807, 2.05) is 24.3 Å². The molecule has 27 heavy (non-hydrogen) atoms. The molecular formula is C21H25N3O3. The van der Waals surface area contributed by atoms with Gasteiger partial charge in [0, 0.05) is 0 Å². The minimum Gasteiger partial charge on any atom is -0.494 e. The van der Waals surface area contributed by atoms with E-state index in [0.717, 1.165) is 49.2 Å². The summed E-state index contributed by atoms with van der Waals surface area (Å²) in [5, 5.41) is 8.96. The van der Waals surface area contributed by atoms with Gasteiger partial charge in [-0.3, -0.25) is 0 Å². The zero-order valence-corrected chi connectivity index (χ0v) is 15.9. The van der Waals surface area contributed by atoms with Crippen LogP contribution in [-0.4, -0.2) is 34.2 Å². The van der Waals surface area contributed by atoms with Gasteiger partial charge in [0.05, 0.1) is 24.5 Å². The summed E-state index contributed by atoms with van der Waals surface area (Å²) in [6.45, 7) is 5.35. The highest BCUT2D eigenvalue weighted by atomic mass is 16.5. The van der Waals surface area contributed by atoms with E-state index in [9.17, 15) is 4.79 Å². The van der Waals surface area contributed by atoms with Gasteiger partial charge in [-0.15, -0.1) is 10.2 Å². The van der Waals surface area contributed by atoms with Crippen LogP contribution in [0.4, 0.5) is 0 Å². The lowest BCUT2D eigenvalue weighted by atomic mass is 10.2. The molecule has 142 valence electrons. The summed E-state index contributed by atoms with van der Waals surface area (Å²) >= 11 is 0. The zero-order chi connectivity index (χ0) is 19.1. The maximum atomic E-state index is 12.1. The average Bonchev–Trinajstić information content (AvgIpc) is 3.12. The van der Waals surface area contributed by atoms with Crippen molar-refractivity contribution in [3.63, 3.8) is 0 Å². The lowest BCUT2D eigenvalue weighted by molar-refractivity contribution is 0.0500. The zero-order valence-electron chi connectivity index (χ0n) is 15.9. The molecule has 2 aromatic carbocycles. The summed E-state index contributed by atoms with van der Waals surface area (Å²) in [5.74, 6) is 0.509. The first-order chi connectivity index (χ1) is 13.2. The van der Waals surface area contributed by atoms with Gasteiger partial charge in [0.25, 0.3) is 0 Å². The first-order valence-corrected chi connectivity index (χ1v) is 9.48. The molecule has 6 heteroatoms. The van der Waals surface area contributed by atoms with Crippen molar-refractivity contribution in [2.24, 2.45) is 0 Å². The van der Waals surface area contributed by atoms with Crippen LogP contribution in [0.2, 0.25) is 0 Å². The molecule has 6 nitrogen and oxygen atoms in total. The Balaban J connectivity index is 1.73. The fraction of sp³-hybridized carbons (Fsp3) is 0.381. The monoisotopic (exact) mass is 367 g/mol. The molecule has 0 spiro atoms. The Kier molecular flexibility index (Phi) is 6.41. The van der Waals surface area contributed by atoms with E-state index in [4.69, 9.17) is 9.47 Å². The lowest BCUT2D eigenvalue weighted by Gasteiger charge is -2.05. The van der Waals surface area contributed by atoms with Gasteiger partial charge >= 0.3 is 5.97 Å². The molecule has 3 rings (SSSR count). The molecule has 0 saturated heterocycles. The van der Waals surface area contributed by atoms with Crippen molar-refractivity contribution in [3.8, 4) is 11.4 Å². The largest absolute Gasteiger partial charge is 0.494 e. The topological polar surface area (TPSA) is 66.2 Å². The molecule has 0 saturated carbocycles. The summed E-state index contributed by atoms with van der Waals surface area (Å²) < 4.78 is 10.9. The van der Waals surface area contributed by atoms with E-state index in [1.54, 1.807) is 23.0 Å². The van der Waals surface area contributed by atoms with Gasteiger partial charge in [0.1, 0.15) is 16.8 Å². The van der Waals surface area contributed by atoms with Crippen molar-refractivity contribution < 1.29 is 14.3 Å². The van der Waals surface area contributed by atoms with Crippen LogP contribution in [0.3, 0.4) is 0 Å². The highest BCUT2D eigenvalue weighted by Crippen LogP contribution is 2.18. The predicted octanol–water partition coefficient (Wildman–Crippen LogP) is 4.56. The summed E-state index contributed by atoms with van der Waals surface area (Å²) in [6.07, 6.45) is 4.00. The first kappa shape index (κ1) is 18.9. The van der Waals surface area contributed by atoms with Crippen molar-refractivity contribution in [1.82, 2.24) is 15.0 Å². The van der Waals surface area contributed by atoms with Gasteiger partial charge in [-0.25, -0.2) is 4.79 Å². The van der Waals surface area contributed by atoms with E-state index >= 15 is 0 Å². The number of hydrogen-bond donors (Lipinski definition) is 0. The second-order valence-electron chi connectivity index (χ2n) is 6.38. The van der Waals surface area contributed by atoms with Crippen molar-refractivity contribution in [3.05, 3.63) is 48.0 Å². The Hall–Kier alpha value is -2.89. The van der Waals surface area contributed by atoms with Gasteiger partial charge in [-0.2, -0.15) is 4.80 Å². The van der Waals surface area contributed by atoms with Crippen LogP contribution in [0.5, 0.6) is 5.75 Å². The first-order valence-electron chi connectivity index (χ1n) is 9.48. The molecule has 0 unspecified atom stereocenters. The highest BCUT2D eigenvalue weighted by Gasteiger charge is 2.11. The van der Waals surface area contributed by atoms with E-state index in [2.05, 4.69) is 24.0 Å². The van der Waals surface area contributed by atoms with Crippen molar-refractivity contribution in [1.29, 1.82) is 0 Å². The van der Waals surface area contributed by atoms with Crippen LogP contribution in [0, 0.1) is 0 Å². The number of carbonyl (C=O) groups is 1. The number of aromatic nitrogens is 3. The minimum atomic E-state index is -0.325. The number of hydrogen-bond acceptors (Lipinski definition) is 5. The molecule has 0 atom stereocenters. The molecule has 0 aliphatic heterocycles. The lowest BCUT2D eigenvalue weighted by Crippen LogP contribution is -2.06. The van der Waals surface area contributed by atoms with Gasteiger partial charge in [-0.05, 0) is 55.3 Å². The number of esters is 1. The number of carbonyl (C=O) groups excluding carboxylic acids is 1. The van der Waals surface area contributed by atoms with Gasteiger partial charge in [0.2, 0.25) is 0 Å². The summed E-state index contributed by atoms with van der Waals surface area (Å²) in [6, 6.07) is 12.9. The van der Waals surface area contributed by atoms with Crippen molar-refractivity contribution in [2.75, 3.05) is 13.2 Å². The summed E-state index contributed by atoms with van der Waals surface area (Å²) in [7, 11) is 0. The third-order valence-electron chi connectivity index (χ3n) is 4.18. The molecule has 0 N–H and O–H groups in total. The smallest absolute Gasteiger partial charge is 0.338 e. The van der Waals surface area contributed by atoms with Gasteiger partial charge in [0.15, 0.2) is 0 Å². The Morgan fingerprint density at radius 1 is 0.926 bits per heavy atom. The van der Waals surface area contributed by atoms with Crippen LogP contribution in [0.15, 0.2) is 42.5 Å². The van der Waals surface area contributed by atoms with E-state index in [0.29, 0.717) is 17.7 Å². The molecule has 0 amide bonds. The third-order valence-corrected chi connectivity index (χ3v) is 4.18. The molecule has 0 aliphatic rings. The fourth-order valence-corrected chi connectivity index (χ4v) is 2.56. The predicted molar refractivity (Wildman–Crippen MR) is 104 cm³/mol. The van der Waals surface area contributed by atoms with Crippen LogP contribution in [0.1, 0.15) is 49.9 Å². The number of nitrogens with zero attached hydrogens (tertiary/aromatic N) is 3. The number of fused-ring (bicyclic) bond motifs is 1. The maximum absolute atomic E-state index is 12.1. The molecular weight excluding hydrogens is 342 g/mol. The van der Waals surface area contributed by atoms with Crippen molar-refractivity contribution >= 4 is 17.0 Å². The van der Waals surface area contributed by atoms with Gasteiger partial charge < -0.3 is 9.47 Å². The summed E-state index contributed by atoms with van der Waals surface area (Å²) in [4.78, 5) is 13.7. The van der Waals surface area contributed by atoms with Gasteiger partial charge in [-0.1, -0.05) is 26.7 Å². The van der Waals surface area contributed by atoms with E-state index in [1.165, 1.54) is 0 Å². The maximum Gasteiger partial charge on any atom is 0.338 e. The molecule has 0 aliphatic carbocycles. The number of rotatable bonds is 9. The Morgan fingerprint density at radius 3 is 2.37 bits per heavy atom. The molecule has 0 bridgehead atoms. The Labute approximate surface area is 159 Å². The normalized spacial score (nSPS) is 10.9. The number of benzene rings is 2. The standard InChI is InChI=1S/C21H25N3O3/c1-3-5-13-26-18-10-8-17(9-11-18)24-22-19-12-7-16(15-20(19)23-24)21(25)27-14-6-4-2/h7-12,15H,3-6,13-14H2,1-2H3. The number of unbranched alkanes of at least 4 members (excludes halogenated alkanes) is 2. The average molecular weight is 367 g/mol. The summed E-state index contributed by atoms with van der Waals surface area (Å²) in [5.41, 5.74) is 2.71. The van der Waals surface area contributed by atoms with Crippen molar-refractivity contribution in [2.45, 2.75) is 39.5 Å². The highest BCUT2D eigenvalue weighted by molar-refractivity contribution is 5.93. The van der Waals surface area contributed by atoms with Crippen LogP contribution in [-0.2, 0) is 4.74 Å². The second-order valence-corrected chi connectivity index (χ2v) is 6.38. The fourth-order valence-electron chi connectivity index (χ4n) is 2.56. The van der Waals surface area contributed by atoms with E-state index in [-0.39, 0.29) is 5.97 Å². The Bertz CT molecular complexity index is 887. The minimum absolute atomic E-state index is 0.325. The quantitative estimate of drug-likeness (QED) is 0.410. The van der Waals surface area contributed by atoms with Crippen LogP contribution < -0.4 is 4.74 Å². The van der Waals surface area contributed by atoms with Crippen LogP contribution in [0.25, 0.3) is 16.7 Å². The molecule has 3 aromatic rings.